The second-order valence-corrected chi connectivity index (χ2v) is 7.76. The van der Waals surface area contributed by atoms with Gasteiger partial charge in [-0.15, -0.1) is 0 Å². The second kappa shape index (κ2) is 6.53. The third-order valence-electron chi connectivity index (χ3n) is 4.05. The van der Waals surface area contributed by atoms with Crippen LogP contribution in [0.4, 0.5) is 0 Å². The summed E-state index contributed by atoms with van der Waals surface area (Å²) in [5.74, 6) is 0.909. The van der Waals surface area contributed by atoms with Crippen LogP contribution in [0.1, 0.15) is 32.6 Å². The largest absolute Gasteiger partial charge is 0.301 e. The molecule has 1 saturated carbocycles. The molecule has 104 valence electrons. The molecule has 1 aliphatic carbocycles. The van der Waals surface area contributed by atoms with Gasteiger partial charge in [0.2, 0.25) is 0 Å². The molecule has 0 amide bonds. The van der Waals surface area contributed by atoms with Gasteiger partial charge >= 0.3 is 0 Å². The lowest BCUT2D eigenvalue weighted by Gasteiger charge is -2.38. The van der Waals surface area contributed by atoms with Crippen LogP contribution in [0.3, 0.4) is 0 Å². The molecule has 0 aromatic rings. The molecule has 3 unspecified atom stereocenters. The van der Waals surface area contributed by atoms with E-state index in [-0.39, 0.29) is 17.7 Å². The Bertz CT molecular complexity index is 400. The maximum absolute atomic E-state index is 11.2. The fourth-order valence-corrected chi connectivity index (χ4v) is 3.34. The minimum Gasteiger partial charge on any atom is -0.301 e. The second-order valence-electron chi connectivity index (χ2n) is 5.50. The third-order valence-corrected chi connectivity index (χ3v) is 4.97. The molecule has 18 heavy (non-hydrogen) atoms. The Morgan fingerprint density at radius 1 is 1.39 bits per heavy atom. The van der Waals surface area contributed by atoms with Gasteiger partial charge in [0.25, 0.3) is 0 Å². The smallest absolute Gasteiger partial charge is 0.148 e. The predicted molar refractivity (Wildman–Crippen MR) is 72.9 cm³/mol. The van der Waals surface area contributed by atoms with Crippen molar-refractivity contribution in [2.24, 2.45) is 11.8 Å². The van der Waals surface area contributed by atoms with Gasteiger partial charge in [-0.1, -0.05) is 13.3 Å². The Labute approximate surface area is 111 Å². The van der Waals surface area contributed by atoms with E-state index in [1.807, 2.05) is 7.05 Å². The first-order chi connectivity index (χ1) is 8.37. The Morgan fingerprint density at radius 3 is 2.56 bits per heavy atom. The Hall–Kier alpha value is -0.600. The molecule has 0 heterocycles. The Kier molecular flexibility index (Phi) is 5.61. The van der Waals surface area contributed by atoms with Crippen molar-refractivity contribution < 1.29 is 8.42 Å². The van der Waals surface area contributed by atoms with Crippen LogP contribution < -0.4 is 0 Å². The van der Waals surface area contributed by atoms with Gasteiger partial charge in [-0.25, -0.2) is 8.42 Å². The third kappa shape index (κ3) is 4.58. The number of nitriles is 1. The van der Waals surface area contributed by atoms with E-state index in [2.05, 4.69) is 17.9 Å². The van der Waals surface area contributed by atoms with Gasteiger partial charge in [-0.05, 0) is 32.2 Å². The quantitative estimate of drug-likeness (QED) is 0.764. The van der Waals surface area contributed by atoms with Gasteiger partial charge in [0.05, 0.1) is 17.7 Å². The average molecular weight is 272 g/mol. The molecule has 0 radical (unpaired) electrons. The highest BCUT2D eigenvalue weighted by Gasteiger charge is 2.32. The van der Waals surface area contributed by atoms with Crippen molar-refractivity contribution in [1.29, 1.82) is 5.26 Å². The highest BCUT2D eigenvalue weighted by molar-refractivity contribution is 7.90. The van der Waals surface area contributed by atoms with E-state index in [4.69, 9.17) is 0 Å². The SMILES string of the molecule is CCC1CCC(C#N)C(N(C)CCS(C)(=O)=O)C1. The zero-order valence-corrected chi connectivity index (χ0v) is 12.4. The van der Waals surface area contributed by atoms with Gasteiger partial charge in [-0.2, -0.15) is 5.26 Å². The summed E-state index contributed by atoms with van der Waals surface area (Å²) in [5, 5.41) is 9.20. The molecule has 0 aromatic heterocycles. The summed E-state index contributed by atoms with van der Waals surface area (Å²) < 4.78 is 22.4. The Morgan fingerprint density at radius 2 is 2.06 bits per heavy atom. The molecule has 4 nitrogen and oxygen atoms in total. The summed E-state index contributed by atoms with van der Waals surface area (Å²) in [7, 11) is -0.983. The molecule has 0 spiro atoms. The lowest BCUT2D eigenvalue weighted by Crippen LogP contribution is -2.43. The van der Waals surface area contributed by atoms with E-state index >= 15 is 0 Å². The van der Waals surface area contributed by atoms with Crippen molar-refractivity contribution in [3.8, 4) is 6.07 Å². The van der Waals surface area contributed by atoms with Gasteiger partial charge in [0, 0.05) is 18.8 Å². The molecule has 0 bridgehead atoms. The van der Waals surface area contributed by atoms with Crippen molar-refractivity contribution in [2.75, 3.05) is 25.6 Å². The summed E-state index contributed by atoms with van der Waals surface area (Å²) in [6.07, 6.45) is 5.51. The summed E-state index contributed by atoms with van der Waals surface area (Å²) in [6, 6.07) is 2.60. The zero-order chi connectivity index (χ0) is 13.8. The average Bonchev–Trinajstić information content (AvgIpc) is 2.34. The maximum Gasteiger partial charge on any atom is 0.148 e. The van der Waals surface area contributed by atoms with Gasteiger partial charge < -0.3 is 4.90 Å². The number of hydrogen-bond donors (Lipinski definition) is 0. The van der Waals surface area contributed by atoms with Crippen molar-refractivity contribution in [2.45, 2.75) is 38.6 Å². The number of sulfone groups is 1. The first-order valence-electron chi connectivity index (χ1n) is 6.65. The van der Waals surface area contributed by atoms with Crippen molar-refractivity contribution in [1.82, 2.24) is 4.90 Å². The predicted octanol–water partition coefficient (Wildman–Crippen LogP) is 1.68. The van der Waals surface area contributed by atoms with E-state index < -0.39 is 9.84 Å². The molecule has 1 aliphatic rings. The van der Waals surface area contributed by atoms with Crippen LogP contribution in [0.15, 0.2) is 0 Å². The van der Waals surface area contributed by atoms with Crippen LogP contribution in [0.5, 0.6) is 0 Å². The Balaban J connectivity index is 2.62. The molecule has 0 aromatic carbocycles. The zero-order valence-electron chi connectivity index (χ0n) is 11.6. The van der Waals surface area contributed by atoms with E-state index in [1.165, 1.54) is 6.26 Å². The lowest BCUT2D eigenvalue weighted by molar-refractivity contribution is 0.129. The fourth-order valence-electron chi connectivity index (χ4n) is 2.72. The molecule has 0 saturated heterocycles. The minimum atomic E-state index is -2.93. The van der Waals surface area contributed by atoms with Crippen LogP contribution in [0.2, 0.25) is 0 Å². The van der Waals surface area contributed by atoms with E-state index in [9.17, 15) is 13.7 Å². The number of hydrogen-bond acceptors (Lipinski definition) is 4. The summed E-state index contributed by atoms with van der Waals surface area (Å²) in [4.78, 5) is 2.07. The highest BCUT2D eigenvalue weighted by Crippen LogP contribution is 2.33. The standard InChI is InChI=1S/C13H24N2O2S/c1-4-11-5-6-12(10-14)13(9-11)15(2)7-8-18(3,16)17/h11-13H,4-9H2,1-3H3. The van der Waals surface area contributed by atoms with Crippen molar-refractivity contribution in [3.63, 3.8) is 0 Å². The first kappa shape index (κ1) is 15.5. The summed E-state index contributed by atoms with van der Waals surface area (Å²) >= 11 is 0. The summed E-state index contributed by atoms with van der Waals surface area (Å²) in [5.41, 5.74) is 0. The topological polar surface area (TPSA) is 61.2 Å². The molecule has 0 aliphatic heterocycles. The normalized spacial score (nSPS) is 29.2. The van der Waals surface area contributed by atoms with Gasteiger partial charge in [0.1, 0.15) is 9.84 Å². The molecule has 3 atom stereocenters. The van der Waals surface area contributed by atoms with Crippen LogP contribution in [-0.2, 0) is 9.84 Å². The van der Waals surface area contributed by atoms with Crippen LogP contribution in [0.25, 0.3) is 0 Å². The van der Waals surface area contributed by atoms with Crippen molar-refractivity contribution >= 4 is 9.84 Å². The molecule has 0 N–H and O–H groups in total. The molecule has 1 rings (SSSR count). The fraction of sp³-hybridized carbons (Fsp3) is 0.923. The van der Waals surface area contributed by atoms with E-state index in [1.54, 1.807) is 0 Å². The minimum absolute atomic E-state index is 0.0531. The van der Waals surface area contributed by atoms with Crippen LogP contribution in [-0.4, -0.2) is 45.0 Å². The number of nitrogens with zero attached hydrogens (tertiary/aromatic N) is 2. The van der Waals surface area contributed by atoms with Crippen molar-refractivity contribution in [3.05, 3.63) is 0 Å². The molecule has 5 heteroatoms. The van der Waals surface area contributed by atoms with E-state index in [0.717, 1.165) is 25.7 Å². The lowest BCUT2D eigenvalue weighted by atomic mass is 9.77. The van der Waals surface area contributed by atoms with Crippen LogP contribution >= 0.6 is 0 Å². The van der Waals surface area contributed by atoms with Gasteiger partial charge in [-0.3, -0.25) is 0 Å². The highest BCUT2D eigenvalue weighted by atomic mass is 32.2. The summed E-state index contributed by atoms with van der Waals surface area (Å²) in [6.45, 7) is 2.71. The van der Waals surface area contributed by atoms with Gasteiger partial charge in [0.15, 0.2) is 0 Å². The maximum atomic E-state index is 11.2. The molecule has 1 fully saturated rings. The monoisotopic (exact) mass is 272 g/mol. The van der Waals surface area contributed by atoms with E-state index in [0.29, 0.717) is 12.5 Å². The number of rotatable bonds is 5. The molecular formula is C13H24N2O2S. The van der Waals surface area contributed by atoms with Crippen LogP contribution in [0, 0.1) is 23.2 Å². The first-order valence-corrected chi connectivity index (χ1v) is 8.71. The molecular weight excluding hydrogens is 248 g/mol.